The normalized spacial score (nSPS) is 9.08. The molecule has 0 amide bonds. The molecular formula is C12H20O. The van der Waals surface area contributed by atoms with Crippen molar-refractivity contribution in [1.82, 2.24) is 0 Å². The van der Waals surface area contributed by atoms with Crippen LogP contribution in [0.5, 0.6) is 0 Å². The molecule has 13 heavy (non-hydrogen) atoms. The molecule has 0 aliphatic carbocycles. The van der Waals surface area contributed by atoms with E-state index < -0.39 is 0 Å². The third-order valence-electron chi connectivity index (χ3n) is 1.86. The zero-order valence-electron chi connectivity index (χ0n) is 8.86. The van der Waals surface area contributed by atoms with E-state index in [0.29, 0.717) is 6.42 Å². The summed E-state index contributed by atoms with van der Waals surface area (Å²) in [5, 5.41) is 0. The molecular weight excluding hydrogens is 160 g/mol. The summed E-state index contributed by atoms with van der Waals surface area (Å²) in [5.41, 5.74) is 0. The molecule has 0 heterocycles. The van der Waals surface area contributed by atoms with E-state index in [4.69, 9.17) is 0 Å². The number of unbranched alkanes of at least 4 members (excludes halogenated alkanes) is 4. The average molecular weight is 180 g/mol. The maximum Gasteiger partial charge on any atom is 0.205 e. The number of hydrogen-bond donors (Lipinski definition) is 0. The number of carbonyl (C=O) groups excluding carboxylic acids is 1. The van der Waals surface area contributed by atoms with Gasteiger partial charge in [-0.05, 0) is 18.8 Å². The first-order chi connectivity index (χ1) is 6.31. The second kappa shape index (κ2) is 9.32. The van der Waals surface area contributed by atoms with E-state index in [-0.39, 0.29) is 5.78 Å². The molecule has 0 fully saturated rings. The van der Waals surface area contributed by atoms with Gasteiger partial charge in [0, 0.05) is 12.8 Å². The molecule has 0 bridgehead atoms. The van der Waals surface area contributed by atoms with Crippen LogP contribution in [0.15, 0.2) is 0 Å². The number of rotatable bonds is 6. The number of Topliss-reactive ketones (excluding diaryl/α,β-unsaturated/α-hetero) is 1. The van der Waals surface area contributed by atoms with Crippen LogP contribution in [0.4, 0.5) is 0 Å². The summed E-state index contributed by atoms with van der Waals surface area (Å²) in [6, 6.07) is 0. The Morgan fingerprint density at radius 2 is 1.85 bits per heavy atom. The van der Waals surface area contributed by atoms with Gasteiger partial charge < -0.3 is 0 Å². The Morgan fingerprint density at radius 1 is 1.08 bits per heavy atom. The lowest BCUT2D eigenvalue weighted by molar-refractivity contribution is -0.113. The van der Waals surface area contributed by atoms with Crippen molar-refractivity contribution >= 4 is 5.78 Å². The number of hydrogen-bond acceptors (Lipinski definition) is 1. The minimum Gasteiger partial charge on any atom is -0.285 e. The molecule has 0 aliphatic heterocycles. The van der Waals surface area contributed by atoms with Crippen molar-refractivity contribution in [3.05, 3.63) is 0 Å². The van der Waals surface area contributed by atoms with Crippen molar-refractivity contribution in [2.24, 2.45) is 0 Å². The van der Waals surface area contributed by atoms with Crippen LogP contribution in [0.2, 0.25) is 0 Å². The van der Waals surface area contributed by atoms with Gasteiger partial charge in [0.2, 0.25) is 5.78 Å². The van der Waals surface area contributed by atoms with Gasteiger partial charge >= 0.3 is 0 Å². The first-order valence-electron chi connectivity index (χ1n) is 5.33. The second-order valence-electron chi connectivity index (χ2n) is 3.29. The summed E-state index contributed by atoms with van der Waals surface area (Å²) in [4.78, 5) is 11.0. The Hall–Kier alpha value is -0.770. The third-order valence-corrected chi connectivity index (χ3v) is 1.86. The summed E-state index contributed by atoms with van der Waals surface area (Å²) in [6.45, 7) is 4.19. The van der Waals surface area contributed by atoms with Gasteiger partial charge in [0.15, 0.2) is 0 Å². The third kappa shape index (κ3) is 9.14. The van der Waals surface area contributed by atoms with Gasteiger partial charge in [0.25, 0.3) is 0 Å². The summed E-state index contributed by atoms with van der Waals surface area (Å²) >= 11 is 0. The van der Waals surface area contributed by atoms with Crippen LogP contribution in [0.3, 0.4) is 0 Å². The van der Waals surface area contributed by atoms with Crippen LogP contribution in [0.1, 0.15) is 58.8 Å². The molecule has 0 radical (unpaired) electrons. The van der Waals surface area contributed by atoms with E-state index in [1.807, 2.05) is 6.92 Å². The van der Waals surface area contributed by atoms with Gasteiger partial charge in [-0.15, -0.1) is 0 Å². The number of carbonyl (C=O) groups is 1. The molecule has 0 saturated heterocycles. The molecule has 74 valence electrons. The number of ketones is 1. The highest BCUT2D eigenvalue weighted by Crippen LogP contribution is 2.00. The zero-order valence-corrected chi connectivity index (χ0v) is 8.86. The quantitative estimate of drug-likeness (QED) is 0.348. The largest absolute Gasteiger partial charge is 0.285 e. The molecule has 0 spiro atoms. The Morgan fingerprint density at radius 3 is 2.46 bits per heavy atom. The molecule has 0 aromatic carbocycles. The van der Waals surface area contributed by atoms with Gasteiger partial charge in [-0.1, -0.05) is 39.0 Å². The SMILES string of the molecule is CCCCCCC#CC(=O)CCC. The fourth-order valence-electron chi connectivity index (χ4n) is 1.09. The van der Waals surface area contributed by atoms with Crippen LogP contribution in [0.25, 0.3) is 0 Å². The highest BCUT2D eigenvalue weighted by atomic mass is 16.1. The van der Waals surface area contributed by atoms with E-state index in [9.17, 15) is 4.79 Å². The molecule has 0 unspecified atom stereocenters. The molecule has 0 aliphatic rings. The van der Waals surface area contributed by atoms with Crippen LogP contribution < -0.4 is 0 Å². The smallest absolute Gasteiger partial charge is 0.205 e. The summed E-state index contributed by atoms with van der Waals surface area (Å²) < 4.78 is 0. The highest BCUT2D eigenvalue weighted by Gasteiger charge is 1.91. The monoisotopic (exact) mass is 180 g/mol. The van der Waals surface area contributed by atoms with Crippen molar-refractivity contribution in [3.8, 4) is 11.8 Å². The van der Waals surface area contributed by atoms with Gasteiger partial charge in [-0.3, -0.25) is 4.79 Å². The maximum atomic E-state index is 11.0. The molecule has 0 rings (SSSR count). The van der Waals surface area contributed by atoms with E-state index in [1.165, 1.54) is 19.3 Å². The van der Waals surface area contributed by atoms with Gasteiger partial charge in [0.05, 0.1) is 0 Å². The topological polar surface area (TPSA) is 17.1 Å². The first-order valence-corrected chi connectivity index (χ1v) is 5.33. The predicted octanol–water partition coefficient (Wildman–Crippen LogP) is 3.33. The van der Waals surface area contributed by atoms with Crippen LogP contribution in [0, 0.1) is 11.8 Å². The molecule has 0 aromatic rings. The lowest BCUT2D eigenvalue weighted by Crippen LogP contribution is -1.90. The fraction of sp³-hybridized carbons (Fsp3) is 0.750. The van der Waals surface area contributed by atoms with E-state index in [1.54, 1.807) is 0 Å². The Balaban J connectivity index is 3.33. The summed E-state index contributed by atoms with van der Waals surface area (Å²) in [7, 11) is 0. The summed E-state index contributed by atoms with van der Waals surface area (Å²) in [5.74, 6) is 5.70. The Bertz CT molecular complexity index is 183. The molecule has 1 heteroatoms. The molecule has 0 aromatic heterocycles. The molecule has 1 nitrogen and oxygen atoms in total. The van der Waals surface area contributed by atoms with E-state index in [2.05, 4.69) is 18.8 Å². The molecule has 0 atom stereocenters. The Labute approximate surface area is 81.9 Å². The van der Waals surface area contributed by atoms with Crippen molar-refractivity contribution < 1.29 is 4.79 Å². The Kier molecular flexibility index (Phi) is 8.77. The van der Waals surface area contributed by atoms with Crippen LogP contribution in [-0.2, 0) is 4.79 Å². The lowest BCUT2D eigenvalue weighted by atomic mass is 10.1. The zero-order chi connectivity index (χ0) is 9.94. The molecule has 0 saturated carbocycles. The minimum atomic E-state index is 0.0954. The van der Waals surface area contributed by atoms with Crippen molar-refractivity contribution in [2.45, 2.75) is 58.8 Å². The highest BCUT2D eigenvalue weighted by molar-refractivity contribution is 5.95. The minimum absolute atomic E-state index is 0.0954. The molecule has 0 N–H and O–H groups in total. The van der Waals surface area contributed by atoms with Crippen LogP contribution >= 0.6 is 0 Å². The second-order valence-corrected chi connectivity index (χ2v) is 3.29. The average Bonchev–Trinajstić information content (AvgIpc) is 2.11. The standard InChI is InChI=1S/C12H20O/c1-3-5-6-7-8-9-11-12(13)10-4-2/h3-8,10H2,1-2H3. The lowest BCUT2D eigenvalue weighted by Gasteiger charge is -1.91. The summed E-state index contributed by atoms with van der Waals surface area (Å²) in [6.07, 6.45) is 7.32. The van der Waals surface area contributed by atoms with Crippen molar-refractivity contribution in [3.63, 3.8) is 0 Å². The van der Waals surface area contributed by atoms with Gasteiger partial charge in [-0.2, -0.15) is 0 Å². The van der Waals surface area contributed by atoms with Crippen LogP contribution in [-0.4, -0.2) is 5.78 Å². The van der Waals surface area contributed by atoms with Crippen molar-refractivity contribution in [1.29, 1.82) is 0 Å². The van der Waals surface area contributed by atoms with Gasteiger partial charge in [-0.25, -0.2) is 0 Å². The van der Waals surface area contributed by atoms with E-state index in [0.717, 1.165) is 19.3 Å². The van der Waals surface area contributed by atoms with Crippen molar-refractivity contribution in [2.75, 3.05) is 0 Å². The van der Waals surface area contributed by atoms with Gasteiger partial charge in [0.1, 0.15) is 0 Å². The van der Waals surface area contributed by atoms with E-state index >= 15 is 0 Å². The maximum absolute atomic E-state index is 11.0. The fourth-order valence-corrected chi connectivity index (χ4v) is 1.09. The predicted molar refractivity (Wildman–Crippen MR) is 56.5 cm³/mol. The first kappa shape index (κ1) is 12.2.